The second-order valence-electron chi connectivity index (χ2n) is 7.37. The summed E-state index contributed by atoms with van der Waals surface area (Å²) < 4.78 is 0. The van der Waals surface area contributed by atoms with Gasteiger partial charge in [0.05, 0.1) is 5.41 Å². The van der Waals surface area contributed by atoms with E-state index in [1.54, 1.807) is 0 Å². The Morgan fingerprint density at radius 1 is 1.36 bits per heavy atom. The number of rotatable bonds is 7. The molecule has 1 aliphatic rings. The maximum absolute atomic E-state index is 12.6. The number of piperidine rings is 1. The molecular formula is C17H32N2O3. The molecule has 1 saturated heterocycles. The number of carbonyl (C=O) groups is 2. The van der Waals surface area contributed by atoms with Crippen LogP contribution >= 0.6 is 0 Å². The second-order valence-corrected chi connectivity index (χ2v) is 7.37. The number of carboxylic acids is 1. The number of likely N-dealkylation sites (tertiary alicyclic amines) is 1. The summed E-state index contributed by atoms with van der Waals surface area (Å²) in [6.07, 6.45) is 4.31. The van der Waals surface area contributed by atoms with Crippen molar-refractivity contribution in [3.05, 3.63) is 0 Å². The number of amides is 1. The van der Waals surface area contributed by atoms with Crippen molar-refractivity contribution < 1.29 is 14.7 Å². The summed E-state index contributed by atoms with van der Waals surface area (Å²) in [6.45, 7) is 11.5. The standard InChI is InChI=1S/C17H32N2O3/c1-6-12(2)14(15(20)21)18-16(22)17(4,5)11-19-10-8-7-9-13(19)3/h12-14H,6-11H2,1-5H3,(H,18,22)(H,20,21). The van der Waals surface area contributed by atoms with E-state index in [0.717, 1.165) is 13.0 Å². The molecule has 0 spiro atoms. The first-order valence-electron chi connectivity index (χ1n) is 8.47. The van der Waals surface area contributed by atoms with E-state index < -0.39 is 17.4 Å². The highest BCUT2D eigenvalue weighted by molar-refractivity contribution is 5.87. The molecule has 22 heavy (non-hydrogen) atoms. The highest BCUT2D eigenvalue weighted by Crippen LogP contribution is 2.24. The van der Waals surface area contributed by atoms with Crippen LogP contribution in [-0.2, 0) is 9.59 Å². The number of hydrogen-bond acceptors (Lipinski definition) is 3. The molecule has 128 valence electrons. The van der Waals surface area contributed by atoms with Gasteiger partial charge in [-0.25, -0.2) is 4.79 Å². The van der Waals surface area contributed by atoms with Crippen LogP contribution in [0.1, 0.15) is 60.3 Å². The lowest BCUT2D eigenvalue weighted by Crippen LogP contribution is -2.53. The molecule has 0 radical (unpaired) electrons. The third-order valence-corrected chi connectivity index (χ3v) is 4.92. The topological polar surface area (TPSA) is 69.6 Å². The fourth-order valence-corrected chi connectivity index (χ4v) is 2.99. The largest absolute Gasteiger partial charge is 0.480 e. The van der Waals surface area contributed by atoms with Gasteiger partial charge in [0.15, 0.2) is 0 Å². The molecule has 1 rings (SSSR count). The Kier molecular flexibility index (Phi) is 6.85. The fourth-order valence-electron chi connectivity index (χ4n) is 2.99. The maximum atomic E-state index is 12.6. The average Bonchev–Trinajstić information content (AvgIpc) is 2.45. The molecule has 0 aromatic carbocycles. The summed E-state index contributed by atoms with van der Waals surface area (Å²) in [5.41, 5.74) is -0.591. The van der Waals surface area contributed by atoms with Crippen molar-refractivity contribution in [2.45, 2.75) is 72.4 Å². The number of nitrogens with one attached hydrogen (secondary N) is 1. The van der Waals surface area contributed by atoms with Gasteiger partial charge in [0.1, 0.15) is 6.04 Å². The molecule has 0 aliphatic carbocycles. The summed E-state index contributed by atoms with van der Waals surface area (Å²) in [7, 11) is 0. The van der Waals surface area contributed by atoms with Crippen molar-refractivity contribution >= 4 is 11.9 Å². The zero-order valence-corrected chi connectivity index (χ0v) is 14.7. The highest BCUT2D eigenvalue weighted by atomic mass is 16.4. The van der Waals surface area contributed by atoms with Crippen LogP contribution < -0.4 is 5.32 Å². The van der Waals surface area contributed by atoms with Gasteiger partial charge in [0.25, 0.3) is 0 Å². The highest BCUT2D eigenvalue weighted by Gasteiger charge is 2.35. The van der Waals surface area contributed by atoms with Gasteiger partial charge < -0.3 is 10.4 Å². The Morgan fingerprint density at radius 2 is 2.00 bits per heavy atom. The molecule has 0 saturated carbocycles. The van der Waals surface area contributed by atoms with E-state index >= 15 is 0 Å². The Bertz CT molecular complexity index is 395. The van der Waals surface area contributed by atoms with Crippen LogP contribution in [0.4, 0.5) is 0 Å². The SMILES string of the molecule is CCC(C)C(NC(=O)C(C)(C)CN1CCCCC1C)C(=O)O. The van der Waals surface area contributed by atoms with E-state index in [9.17, 15) is 14.7 Å². The molecule has 1 amide bonds. The molecule has 5 heteroatoms. The molecule has 3 atom stereocenters. The van der Waals surface area contributed by atoms with Gasteiger partial charge in [-0.3, -0.25) is 9.69 Å². The lowest BCUT2D eigenvalue weighted by Gasteiger charge is -2.39. The van der Waals surface area contributed by atoms with Crippen LogP contribution in [-0.4, -0.2) is 47.1 Å². The van der Waals surface area contributed by atoms with Crippen molar-refractivity contribution in [3.63, 3.8) is 0 Å². The molecule has 0 aromatic rings. The molecular weight excluding hydrogens is 280 g/mol. The van der Waals surface area contributed by atoms with Crippen molar-refractivity contribution in [1.29, 1.82) is 0 Å². The molecule has 0 bridgehead atoms. The minimum atomic E-state index is -0.954. The zero-order valence-electron chi connectivity index (χ0n) is 14.7. The number of nitrogens with zero attached hydrogens (tertiary/aromatic N) is 1. The summed E-state index contributed by atoms with van der Waals surface area (Å²) in [5.74, 6) is -1.20. The molecule has 1 heterocycles. The van der Waals surface area contributed by atoms with Crippen LogP contribution in [0, 0.1) is 11.3 Å². The monoisotopic (exact) mass is 312 g/mol. The van der Waals surface area contributed by atoms with Gasteiger partial charge >= 0.3 is 5.97 Å². The van der Waals surface area contributed by atoms with Gasteiger partial charge in [0, 0.05) is 12.6 Å². The van der Waals surface area contributed by atoms with Crippen LogP contribution in [0.3, 0.4) is 0 Å². The summed E-state index contributed by atoms with van der Waals surface area (Å²) >= 11 is 0. The van der Waals surface area contributed by atoms with Gasteiger partial charge in [-0.2, -0.15) is 0 Å². The minimum absolute atomic E-state index is 0.0776. The molecule has 3 unspecified atom stereocenters. The van der Waals surface area contributed by atoms with Crippen molar-refractivity contribution in [2.75, 3.05) is 13.1 Å². The Morgan fingerprint density at radius 3 is 2.50 bits per heavy atom. The van der Waals surface area contributed by atoms with Crippen LogP contribution in [0.25, 0.3) is 0 Å². The Balaban J connectivity index is 2.70. The minimum Gasteiger partial charge on any atom is -0.480 e. The zero-order chi connectivity index (χ0) is 16.9. The molecule has 0 aromatic heterocycles. The predicted molar refractivity (Wildman–Crippen MR) is 87.7 cm³/mol. The second kappa shape index (κ2) is 7.95. The smallest absolute Gasteiger partial charge is 0.326 e. The number of carbonyl (C=O) groups excluding carboxylic acids is 1. The number of hydrogen-bond donors (Lipinski definition) is 2. The van der Waals surface area contributed by atoms with Crippen molar-refractivity contribution in [3.8, 4) is 0 Å². The maximum Gasteiger partial charge on any atom is 0.326 e. The Labute approximate surface area is 134 Å². The molecule has 1 aliphatic heterocycles. The first kappa shape index (κ1) is 18.9. The van der Waals surface area contributed by atoms with E-state index in [0.29, 0.717) is 12.6 Å². The number of carboxylic acid groups (broad SMARTS) is 1. The number of aliphatic carboxylic acids is 1. The van der Waals surface area contributed by atoms with E-state index in [2.05, 4.69) is 17.1 Å². The van der Waals surface area contributed by atoms with Crippen LogP contribution in [0.15, 0.2) is 0 Å². The van der Waals surface area contributed by atoms with E-state index in [4.69, 9.17) is 0 Å². The lowest BCUT2D eigenvalue weighted by atomic mass is 9.88. The predicted octanol–water partition coefficient (Wildman–Crippen LogP) is 2.50. The van der Waals surface area contributed by atoms with Crippen LogP contribution in [0.2, 0.25) is 0 Å². The van der Waals surface area contributed by atoms with Gasteiger partial charge in [-0.05, 0) is 46.1 Å². The van der Waals surface area contributed by atoms with Gasteiger partial charge in [-0.1, -0.05) is 26.7 Å². The fraction of sp³-hybridized carbons (Fsp3) is 0.882. The average molecular weight is 312 g/mol. The summed E-state index contributed by atoms with van der Waals surface area (Å²) in [5, 5.41) is 12.1. The van der Waals surface area contributed by atoms with E-state index in [1.165, 1.54) is 19.3 Å². The Hall–Kier alpha value is -1.10. The summed E-state index contributed by atoms with van der Waals surface area (Å²) in [4.78, 5) is 26.3. The van der Waals surface area contributed by atoms with Crippen molar-refractivity contribution in [2.24, 2.45) is 11.3 Å². The van der Waals surface area contributed by atoms with E-state index in [-0.39, 0.29) is 11.8 Å². The lowest BCUT2D eigenvalue weighted by molar-refractivity contribution is -0.145. The van der Waals surface area contributed by atoms with E-state index in [1.807, 2.05) is 27.7 Å². The third kappa shape index (κ3) is 4.97. The first-order valence-corrected chi connectivity index (χ1v) is 8.47. The molecule has 2 N–H and O–H groups in total. The van der Waals surface area contributed by atoms with Crippen molar-refractivity contribution in [1.82, 2.24) is 10.2 Å². The normalized spacial score (nSPS) is 22.9. The third-order valence-electron chi connectivity index (χ3n) is 4.92. The summed E-state index contributed by atoms with van der Waals surface area (Å²) in [6, 6.07) is -0.318. The van der Waals surface area contributed by atoms with Crippen LogP contribution in [0.5, 0.6) is 0 Å². The van der Waals surface area contributed by atoms with Gasteiger partial charge in [0.2, 0.25) is 5.91 Å². The van der Waals surface area contributed by atoms with Gasteiger partial charge in [-0.15, -0.1) is 0 Å². The first-order chi connectivity index (χ1) is 10.2. The molecule has 1 fully saturated rings. The quantitative estimate of drug-likeness (QED) is 0.758. The molecule has 5 nitrogen and oxygen atoms in total.